The molecule has 0 unspecified atom stereocenters. The SMILES string of the molecule is COc1cc([C@@H]2c3cc4c(cc3C=C(C=O)[C@H]2C=O)OCO4)cc(OC)c1OC. The van der Waals surface area contributed by atoms with E-state index in [1.54, 1.807) is 18.2 Å². The van der Waals surface area contributed by atoms with Gasteiger partial charge in [0.25, 0.3) is 0 Å². The van der Waals surface area contributed by atoms with E-state index in [4.69, 9.17) is 23.7 Å². The number of allylic oxidation sites excluding steroid dienone is 1. The first-order valence-corrected chi connectivity index (χ1v) is 9.00. The highest BCUT2D eigenvalue weighted by Crippen LogP contribution is 2.49. The van der Waals surface area contributed by atoms with Crippen molar-refractivity contribution in [2.45, 2.75) is 5.92 Å². The molecule has 7 heteroatoms. The second-order valence-electron chi connectivity index (χ2n) is 6.69. The Morgan fingerprint density at radius 3 is 2.14 bits per heavy atom. The minimum atomic E-state index is -0.664. The molecular formula is C22H20O7. The van der Waals surface area contributed by atoms with Gasteiger partial charge < -0.3 is 28.5 Å². The lowest BCUT2D eigenvalue weighted by atomic mass is 9.72. The lowest BCUT2D eigenvalue weighted by Gasteiger charge is -2.30. The molecule has 0 amide bonds. The van der Waals surface area contributed by atoms with E-state index in [0.717, 1.165) is 29.3 Å². The zero-order valence-corrected chi connectivity index (χ0v) is 16.3. The van der Waals surface area contributed by atoms with E-state index in [-0.39, 0.29) is 6.79 Å². The van der Waals surface area contributed by atoms with Crippen molar-refractivity contribution < 1.29 is 33.3 Å². The average molecular weight is 396 g/mol. The number of benzene rings is 2. The molecule has 2 atom stereocenters. The number of carbonyl (C=O) groups excluding carboxylic acids is 2. The summed E-state index contributed by atoms with van der Waals surface area (Å²) in [6, 6.07) is 7.28. The Kier molecular flexibility index (Phi) is 4.88. The first kappa shape index (κ1) is 18.9. The van der Waals surface area contributed by atoms with Crippen LogP contribution in [0.5, 0.6) is 28.7 Å². The van der Waals surface area contributed by atoms with Gasteiger partial charge in [-0.05, 0) is 47.0 Å². The fourth-order valence-electron chi connectivity index (χ4n) is 3.97. The molecule has 29 heavy (non-hydrogen) atoms. The van der Waals surface area contributed by atoms with E-state index < -0.39 is 11.8 Å². The maximum absolute atomic E-state index is 12.0. The van der Waals surface area contributed by atoms with Crippen molar-refractivity contribution in [3.05, 3.63) is 46.5 Å². The third kappa shape index (κ3) is 2.99. The smallest absolute Gasteiger partial charge is 0.231 e. The molecule has 150 valence electrons. The maximum atomic E-state index is 12.0. The summed E-state index contributed by atoms with van der Waals surface area (Å²) in [5.74, 6) is 1.51. The Bertz CT molecular complexity index is 983. The Hall–Kier alpha value is -3.48. The molecule has 0 radical (unpaired) electrons. The largest absolute Gasteiger partial charge is 0.493 e. The molecule has 2 aromatic carbocycles. The Balaban J connectivity index is 1.96. The van der Waals surface area contributed by atoms with Gasteiger partial charge in [0.15, 0.2) is 23.0 Å². The van der Waals surface area contributed by atoms with Gasteiger partial charge in [-0.1, -0.05) is 0 Å². The normalized spacial score (nSPS) is 19.1. The number of rotatable bonds is 6. The molecule has 0 spiro atoms. The van der Waals surface area contributed by atoms with Gasteiger partial charge in [0.05, 0.1) is 27.2 Å². The van der Waals surface area contributed by atoms with Crippen molar-refractivity contribution in [1.82, 2.24) is 0 Å². The summed E-state index contributed by atoms with van der Waals surface area (Å²) in [6.45, 7) is 0.133. The van der Waals surface area contributed by atoms with Crippen LogP contribution in [0.4, 0.5) is 0 Å². The number of methoxy groups -OCH3 is 3. The van der Waals surface area contributed by atoms with Gasteiger partial charge in [-0.2, -0.15) is 0 Å². The van der Waals surface area contributed by atoms with Gasteiger partial charge in [0.1, 0.15) is 12.6 Å². The molecule has 1 heterocycles. The molecule has 0 bridgehead atoms. The second-order valence-corrected chi connectivity index (χ2v) is 6.69. The maximum Gasteiger partial charge on any atom is 0.231 e. The molecule has 1 aliphatic heterocycles. The first-order chi connectivity index (χ1) is 14.1. The van der Waals surface area contributed by atoms with Crippen LogP contribution in [0.25, 0.3) is 6.08 Å². The van der Waals surface area contributed by atoms with E-state index in [0.29, 0.717) is 34.3 Å². The van der Waals surface area contributed by atoms with Crippen LogP contribution in [-0.2, 0) is 9.59 Å². The standard InChI is InChI=1S/C22H20O7/c1-25-19-6-13(7-20(26-2)22(19)27-3)21-15-8-18-17(28-11-29-18)5-12(15)4-14(9-23)16(21)10-24/h4-10,16,21H,11H2,1-3H3/t16-,21-/m1/s1. The van der Waals surface area contributed by atoms with E-state index in [9.17, 15) is 9.59 Å². The molecule has 4 rings (SSSR count). The number of carbonyl (C=O) groups is 2. The monoisotopic (exact) mass is 396 g/mol. The van der Waals surface area contributed by atoms with Crippen LogP contribution in [0, 0.1) is 5.92 Å². The highest BCUT2D eigenvalue weighted by molar-refractivity contribution is 5.91. The number of hydrogen-bond acceptors (Lipinski definition) is 7. The molecular weight excluding hydrogens is 376 g/mol. The van der Waals surface area contributed by atoms with Crippen molar-refractivity contribution in [3.8, 4) is 28.7 Å². The van der Waals surface area contributed by atoms with Crippen molar-refractivity contribution >= 4 is 18.6 Å². The van der Waals surface area contributed by atoms with E-state index >= 15 is 0 Å². The lowest BCUT2D eigenvalue weighted by molar-refractivity contribution is -0.112. The summed E-state index contributed by atoms with van der Waals surface area (Å²) in [5.41, 5.74) is 2.80. The van der Waals surface area contributed by atoms with Crippen LogP contribution in [0.2, 0.25) is 0 Å². The van der Waals surface area contributed by atoms with Crippen molar-refractivity contribution in [2.75, 3.05) is 28.1 Å². The number of ether oxygens (including phenoxy) is 5. The van der Waals surface area contributed by atoms with Crippen molar-refractivity contribution in [1.29, 1.82) is 0 Å². The van der Waals surface area contributed by atoms with Crippen LogP contribution >= 0.6 is 0 Å². The summed E-state index contributed by atoms with van der Waals surface area (Å²) in [6.07, 6.45) is 3.23. The molecule has 0 fully saturated rings. The summed E-state index contributed by atoms with van der Waals surface area (Å²) >= 11 is 0. The van der Waals surface area contributed by atoms with Gasteiger partial charge in [-0.15, -0.1) is 0 Å². The second kappa shape index (κ2) is 7.50. The summed E-state index contributed by atoms with van der Waals surface area (Å²) in [7, 11) is 4.59. The molecule has 0 saturated heterocycles. The van der Waals surface area contributed by atoms with Crippen LogP contribution < -0.4 is 23.7 Å². The highest BCUT2D eigenvalue weighted by Gasteiger charge is 2.35. The van der Waals surface area contributed by atoms with Gasteiger partial charge in [-0.25, -0.2) is 0 Å². The van der Waals surface area contributed by atoms with Crippen LogP contribution in [0.1, 0.15) is 22.6 Å². The quantitative estimate of drug-likeness (QED) is 0.695. The lowest BCUT2D eigenvalue weighted by Crippen LogP contribution is -2.23. The van der Waals surface area contributed by atoms with Crippen LogP contribution in [-0.4, -0.2) is 40.7 Å². The Labute approximate surface area is 167 Å². The van der Waals surface area contributed by atoms with Gasteiger partial charge in [-0.3, -0.25) is 4.79 Å². The zero-order chi connectivity index (χ0) is 20.5. The molecule has 7 nitrogen and oxygen atoms in total. The summed E-state index contributed by atoms with van der Waals surface area (Å²) in [5, 5.41) is 0. The third-order valence-corrected chi connectivity index (χ3v) is 5.31. The Morgan fingerprint density at radius 1 is 0.931 bits per heavy atom. The fraction of sp³-hybridized carbons (Fsp3) is 0.273. The predicted molar refractivity (Wildman–Crippen MR) is 104 cm³/mol. The van der Waals surface area contributed by atoms with E-state index in [2.05, 4.69) is 0 Å². The minimum Gasteiger partial charge on any atom is -0.493 e. The van der Waals surface area contributed by atoms with Crippen LogP contribution in [0.15, 0.2) is 29.8 Å². The Morgan fingerprint density at radius 2 is 1.59 bits per heavy atom. The minimum absolute atomic E-state index is 0.133. The summed E-state index contributed by atoms with van der Waals surface area (Å²) < 4.78 is 27.3. The molecule has 1 aliphatic carbocycles. The predicted octanol–water partition coefficient (Wildman–Crippen LogP) is 2.98. The van der Waals surface area contributed by atoms with E-state index in [1.807, 2.05) is 12.1 Å². The van der Waals surface area contributed by atoms with Crippen molar-refractivity contribution in [2.24, 2.45) is 5.92 Å². The molecule has 0 aromatic heterocycles. The fourth-order valence-corrected chi connectivity index (χ4v) is 3.97. The van der Waals surface area contributed by atoms with Crippen molar-refractivity contribution in [3.63, 3.8) is 0 Å². The average Bonchev–Trinajstić information content (AvgIpc) is 3.22. The molecule has 2 aliphatic rings. The van der Waals surface area contributed by atoms with Crippen LogP contribution in [0.3, 0.4) is 0 Å². The number of fused-ring (bicyclic) bond motifs is 2. The zero-order valence-electron chi connectivity index (χ0n) is 16.3. The third-order valence-electron chi connectivity index (χ3n) is 5.31. The highest BCUT2D eigenvalue weighted by atomic mass is 16.7. The van der Waals surface area contributed by atoms with Gasteiger partial charge >= 0.3 is 0 Å². The number of aldehydes is 2. The number of hydrogen-bond donors (Lipinski definition) is 0. The molecule has 0 saturated carbocycles. The summed E-state index contributed by atoms with van der Waals surface area (Å²) in [4.78, 5) is 23.8. The van der Waals surface area contributed by atoms with Gasteiger partial charge in [0, 0.05) is 11.5 Å². The molecule has 0 N–H and O–H groups in total. The van der Waals surface area contributed by atoms with Gasteiger partial charge in [0.2, 0.25) is 12.5 Å². The molecule has 2 aromatic rings. The first-order valence-electron chi connectivity index (χ1n) is 9.00. The van der Waals surface area contributed by atoms with E-state index in [1.165, 1.54) is 21.3 Å². The topological polar surface area (TPSA) is 80.3 Å².